The highest BCUT2D eigenvalue weighted by atomic mass is 15.1. The third kappa shape index (κ3) is 5.20. The number of benzene rings is 1. The molecular formula is C32H32N6. The first-order chi connectivity index (χ1) is 18.6. The van der Waals surface area contributed by atoms with Crippen molar-refractivity contribution in [3.8, 4) is 22.5 Å². The van der Waals surface area contributed by atoms with Crippen molar-refractivity contribution in [3.05, 3.63) is 115 Å². The Bertz CT molecular complexity index is 1620. The van der Waals surface area contributed by atoms with Crippen LogP contribution in [0.3, 0.4) is 0 Å². The Morgan fingerprint density at radius 2 is 1.87 bits per heavy atom. The number of rotatable bonds is 10. The van der Waals surface area contributed by atoms with Gasteiger partial charge in [0, 0.05) is 46.5 Å². The topological polar surface area (TPSA) is 82.3 Å². The van der Waals surface area contributed by atoms with Gasteiger partial charge in [0.1, 0.15) is 5.69 Å². The van der Waals surface area contributed by atoms with Crippen molar-refractivity contribution in [2.24, 2.45) is 0 Å². The maximum absolute atomic E-state index is 4.67. The average Bonchev–Trinajstić information content (AvgIpc) is 3.54. The lowest BCUT2D eigenvalue weighted by molar-refractivity contribution is 0.791. The van der Waals surface area contributed by atoms with Crippen LogP contribution < -0.4 is 5.32 Å². The second-order valence-electron chi connectivity index (χ2n) is 9.40. The van der Waals surface area contributed by atoms with Gasteiger partial charge in [-0.15, -0.1) is 0 Å². The summed E-state index contributed by atoms with van der Waals surface area (Å²) >= 11 is 0. The lowest BCUT2D eigenvalue weighted by Gasteiger charge is -2.10. The number of aromatic amines is 2. The summed E-state index contributed by atoms with van der Waals surface area (Å²) < 4.78 is 0. The van der Waals surface area contributed by atoms with E-state index in [1.165, 1.54) is 0 Å². The van der Waals surface area contributed by atoms with E-state index < -0.39 is 0 Å². The third-order valence-electron chi connectivity index (χ3n) is 6.62. The van der Waals surface area contributed by atoms with E-state index >= 15 is 0 Å². The second kappa shape index (κ2) is 11.1. The summed E-state index contributed by atoms with van der Waals surface area (Å²) in [5, 5.41) is 12.3. The number of nitrogens with zero attached hydrogens (tertiary/aromatic N) is 3. The van der Waals surface area contributed by atoms with Gasteiger partial charge in [-0.2, -0.15) is 5.10 Å². The largest absolute Gasteiger partial charge is 0.358 e. The summed E-state index contributed by atoms with van der Waals surface area (Å²) in [7, 11) is 0. The first-order valence-corrected chi connectivity index (χ1v) is 12.9. The molecule has 0 saturated carbocycles. The molecule has 0 spiro atoms. The van der Waals surface area contributed by atoms with Crippen molar-refractivity contribution in [1.82, 2.24) is 25.1 Å². The number of aryl methyl sites for hydroxylation is 1. The zero-order chi connectivity index (χ0) is 26.5. The van der Waals surface area contributed by atoms with Crippen LogP contribution in [-0.4, -0.2) is 25.1 Å². The molecule has 5 rings (SSSR count). The molecule has 190 valence electrons. The van der Waals surface area contributed by atoms with E-state index in [0.717, 1.165) is 86.5 Å². The van der Waals surface area contributed by atoms with Crippen LogP contribution in [0, 0.1) is 6.92 Å². The van der Waals surface area contributed by atoms with E-state index in [-0.39, 0.29) is 0 Å². The minimum Gasteiger partial charge on any atom is -0.358 e. The molecule has 0 amide bonds. The highest BCUT2D eigenvalue weighted by molar-refractivity contribution is 5.96. The Balaban J connectivity index is 1.50. The minimum absolute atomic E-state index is 0.874. The van der Waals surface area contributed by atoms with E-state index in [1.54, 1.807) is 12.4 Å². The minimum atomic E-state index is 0.874. The lowest BCUT2D eigenvalue weighted by atomic mass is 9.98. The van der Waals surface area contributed by atoms with Crippen molar-refractivity contribution < 1.29 is 0 Å². The van der Waals surface area contributed by atoms with E-state index in [1.807, 2.05) is 36.7 Å². The molecule has 0 saturated heterocycles. The molecular weight excluding hydrogens is 468 g/mol. The normalized spacial score (nSPS) is 11.6. The molecule has 0 bridgehead atoms. The predicted molar refractivity (Wildman–Crippen MR) is 158 cm³/mol. The van der Waals surface area contributed by atoms with Gasteiger partial charge in [-0.1, -0.05) is 44.7 Å². The molecule has 0 fully saturated rings. The Kier molecular flexibility index (Phi) is 7.31. The molecule has 1 aromatic carbocycles. The van der Waals surface area contributed by atoms with Crippen molar-refractivity contribution in [1.29, 1.82) is 0 Å². The Hall–Kier alpha value is -4.71. The summed E-state index contributed by atoms with van der Waals surface area (Å²) in [6.45, 7) is 12.3. The molecule has 0 aliphatic carbocycles. The fraction of sp³-hybridized carbons (Fsp3) is 0.156. The van der Waals surface area contributed by atoms with Gasteiger partial charge in [0.05, 0.1) is 23.1 Å². The number of anilines is 1. The van der Waals surface area contributed by atoms with E-state index in [0.29, 0.717) is 0 Å². The van der Waals surface area contributed by atoms with Gasteiger partial charge in [0.25, 0.3) is 0 Å². The Morgan fingerprint density at radius 3 is 2.66 bits per heavy atom. The fourth-order valence-corrected chi connectivity index (χ4v) is 4.68. The van der Waals surface area contributed by atoms with Gasteiger partial charge in [-0.25, -0.2) is 0 Å². The molecule has 6 heteroatoms. The highest BCUT2D eigenvalue weighted by Gasteiger charge is 2.16. The number of unbranched alkanes of at least 4 members (excludes halogenated alkanes) is 1. The standard InChI is InChI=1S/C32H32N6/c1-5-7-9-21(3)35-26-16-25(19-34-20-26)24-10-11-30-29(17-24)32(38-37-30)31-18-28(22(4)36-31)27(8-6-2)23-12-14-33-15-13-23/h6,8,10-20,35-36H,2-3,5,7,9H2,1,4H3,(H,37,38)/b27-8-. The van der Waals surface area contributed by atoms with Gasteiger partial charge >= 0.3 is 0 Å². The fourth-order valence-electron chi connectivity index (χ4n) is 4.68. The number of aromatic nitrogens is 5. The number of hydrogen-bond acceptors (Lipinski definition) is 4. The summed E-state index contributed by atoms with van der Waals surface area (Å²) in [6, 6.07) is 14.6. The van der Waals surface area contributed by atoms with Crippen LogP contribution in [0.2, 0.25) is 0 Å². The van der Waals surface area contributed by atoms with E-state index in [9.17, 15) is 0 Å². The van der Waals surface area contributed by atoms with Crippen LogP contribution in [0.5, 0.6) is 0 Å². The number of allylic oxidation sites excluding steroid dienone is 3. The van der Waals surface area contributed by atoms with Gasteiger partial charge in [0.2, 0.25) is 0 Å². The van der Waals surface area contributed by atoms with Crippen molar-refractivity contribution in [2.75, 3.05) is 5.32 Å². The number of pyridine rings is 2. The summed E-state index contributed by atoms with van der Waals surface area (Å²) in [5.41, 5.74) is 11.2. The molecule has 0 atom stereocenters. The summed E-state index contributed by atoms with van der Waals surface area (Å²) in [5.74, 6) is 0. The smallest absolute Gasteiger partial charge is 0.116 e. The molecule has 5 aromatic rings. The molecule has 3 N–H and O–H groups in total. The first kappa shape index (κ1) is 25.0. The van der Waals surface area contributed by atoms with Gasteiger partial charge in [0.15, 0.2) is 0 Å². The molecule has 38 heavy (non-hydrogen) atoms. The first-order valence-electron chi connectivity index (χ1n) is 12.9. The summed E-state index contributed by atoms with van der Waals surface area (Å²) in [4.78, 5) is 12.2. The molecule has 4 heterocycles. The maximum atomic E-state index is 4.67. The number of fused-ring (bicyclic) bond motifs is 1. The highest BCUT2D eigenvalue weighted by Crippen LogP contribution is 2.34. The monoisotopic (exact) mass is 500 g/mol. The van der Waals surface area contributed by atoms with Crippen LogP contribution in [-0.2, 0) is 0 Å². The molecule has 0 unspecified atom stereocenters. The zero-order valence-electron chi connectivity index (χ0n) is 21.9. The van der Waals surface area contributed by atoms with Crippen LogP contribution in [0.15, 0.2) is 98.3 Å². The lowest BCUT2D eigenvalue weighted by Crippen LogP contribution is -1.98. The van der Waals surface area contributed by atoms with E-state index in [4.69, 9.17) is 0 Å². The van der Waals surface area contributed by atoms with Crippen LogP contribution in [0.1, 0.15) is 43.0 Å². The van der Waals surface area contributed by atoms with Crippen LogP contribution >= 0.6 is 0 Å². The SMILES string of the molecule is C=C/C=C(/c1ccncc1)c1cc(-c2n[nH]c3ccc(-c4cncc(NC(=C)CCCC)c4)cc23)[nH]c1C. The molecule has 0 aliphatic heterocycles. The van der Waals surface area contributed by atoms with Gasteiger partial charge in [-0.3, -0.25) is 15.1 Å². The molecule has 4 aromatic heterocycles. The number of hydrogen-bond donors (Lipinski definition) is 3. The van der Waals surface area contributed by atoms with Crippen LogP contribution in [0.25, 0.3) is 39.0 Å². The predicted octanol–water partition coefficient (Wildman–Crippen LogP) is 8.06. The molecule has 0 radical (unpaired) electrons. The molecule has 6 nitrogen and oxygen atoms in total. The number of H-pyrrole nitrogens is 2. The average molecular weight is 501 g/mol. The maximum Gasteiger partial charge on any atom is 0.116 e. The zero-order valence-corrected chi connectivity index (χ0v) is 21.9. The van der Waals surface area contributed by atoms with Crippen molar-refractivity contribution in [3.63, 3.8) is 0 Å². The van der Waals surface area contributed by atoms with Crippen molar-refractivity contribution in [2.45, 2.75) is 33.1 Å². The second-order valence-corrected chi connectivity index (χ2v) is 9.40. The third-order valence-corrected chi connectivity index (χ3v) is 6.62. The van der Waals surface area contributed by atoms with Gasteiger partial charge < -0.3 is 10.3 Å². The quantitative estimate of drug-likeness (QED) is 0.169. The van der Waals surface area contributed by atoms with Gasteiger partial charge in [-0.05, 0) is 72.9 Å². The molecule has 0 aliphatic rings. The number of nitrogens with one attached hydrogen (secondary N) is 3. The summed E-state index contributed by atoms with van der Waals surface area (Å²) in [6.07, 6.45) is 14.4. The van der Waals surface area contributed by atoms with Crippen molar-refractivity contribution >= 4 is 22.2 Å². The Morgan fingerprint density at radius 1 is 1.03 bits per heavy atom. The van der Waals surface area contributed by atoms with Crippen LogP contribution in [0.4, 0.5) is 5.69 Å². The van der Waals surface area contributed by atoms with E-state index in [2.05, 4.69) is 87.8 Å². The Labute approximate surface area is 223 Å².